The maximum absolute atomic E-state index is 13.4. The first-order valence-corrected chi connectivity index (χ1v) is 9.40. The molecule has 7 nitrogen and oxygen atoms in total. The second kappa shape index (κ2) is 8.06. The average molecular weight is 440 g/mol. The summed E-state index contributed by atoms with van der Waals surface area (Å²) in [5, 5.41) is -2.98. The molecule has 0 aliphatic rings. The van der Waals surface area contributed by atoms with Crippen molar-refractivity contribution in [2.24, 2.45) is 0 Å². The molecule has 0 saturated carbocycles. The number of rotatable bonds is 7. The van der Waals surface area contributed by atoms with Crippen molar-refractivity contribution in [3.8, 4) is 0 Å². The van der Waals surface area contributed by atoms with Crippen LogP contribution in [0.25, 0.3) is 0 Å². The summed E-state index contributed by atoms with van der Waals surface area (Å²) in [5.41, 5.74) is -1.37. The minimum Gasteiger partial charge on any atom is -0.451 e. The summed E-state index contributed by atoms with van der Waals surface area (Å²) in [5.74, 6) is -3.15. The van der Waals surface area contributed by atoms with Gasteiger partial charge in [0.05, 0.1) is 11.1 Å². The van der Waals surface area contributed by atoms with Crippen molar-refractivity contribution in [3.63, 3.8) is 0 Å². The van der Waals surface area contributed by atoms with Crippen LogP contribution in [-0.4, -0.2) is 48.5 Å². The number of ether oxygens (including phenoxy) is 2. The summed E-state index contributed by atoms with van der Waals surface area (Å²) >= 11 is 0.667. The highest BCUT2D eigenvalue weighted by molar-refractivity contribution is 7.86. The molecule has 0 saturated heterocycles. The van der Waals surface area contributed by atoms with E-state index in [2.05, 4.69) is 9.47 Å². The zero-order valence-corrected chi connectivity index (χ0v) is 15.3. The van der Waals surface area contributed by atoms with E-state index in [0.29, 0.717) is 18.3 Å². The van der Waals surface area contributed by atoms with Gasteiger partial charge in [0.1, 0.15) is 0 Å². The fraction of sp³-hybridized carbons (Fsp3) is 0.538. The van der Waals surface area contributed by atoms with E-state index in [1.165, 1.54) is 0 Å². The quantitative estimate of drug-likeness (QED) is 0.394. The third-order valence-electron chi connectivity index (χ3n) is 3.19. The Hall–Kier alpha value is -1.80. The number of alkyl halides is 5. The maximum Gasteiger partial charge on any atom is 0.425 e. The number of hydrogen-bond acceptors (Lipinski definition) is 7. The first kappa shape index (κ1) is 23.2. The lowest BCUT2D eigenvalue weighted by atomic mass is 10.2. The van der Waals surface area contributed by atoms with Gasteiger partial charge >= 0.3 is 33.5 Å². The summed E-state index contributed by atoms with van der Waals surface area (Å²) in [4.78, 5) is 23.8. The molecule has 0 radical (unpaired) electrons. The molecule has 0 aromatic carbocycles. The zero-order valence-electron chi connectivity index (χ0n) is 13.6. The van der Waals surface area contributed by atoms with Gasteiger partial charge in [0.2, 0.25) is 0 Å². The van der Waals surface area contributed by atoms with Gasteiger partial charge in [-0.15, -0.1) is 0 Å². The van der Waals surface area contributed by atoms with Gasteiger partial charge in [-0.2, -0.15) is 41.7 Å². The van der Waals surface area contributed by atoms with Crippen molar-refractivity contribution in [1.82, 2.24) is 0 Å². The molecule has 0 amide bonds. The monoisotopic (exact) mass is 440 g/mol. The first-order valence-electron chi connectivity index (χ1n) is 7.02. The predicted molar refractivity (Wildman–Crippen MR) is 81.2 cm³/mol. The van der Waals surface area contributed by atoms with Crippen molar-refractivity contribution in [2.45, 2.75) is 43.9 Å². The highest BCUT2D eigenvalue weighted by Crippen LogP contribution is 2.30. The van der Waals surface area contributed by atoms with E-state index in [9.17, 15) is 40.0 Å². The van der Waals surface area contributed by atoms with Gasteiger partial charge < -0.3 is 9.47 Å². The Morgan fingerprint density at radius 1 is 1.11 bits per heavy atom. The summed E-state index contributed by atoms with van der Waals surface area (Å²) in [6, 6.07) is 0. The molecule has 154 valence electrons. The summed E-state index contributed by atoms with van der Waals surface area (Å²) in [7, 11) is -5.90. The van der Waals surface area contributed by atoms with Gasteiger partial charge in [0.25, 0.3) is 0 Å². The predicted octanol–water partition coefficient (Wildman–Crippen LogP) is 3.27. The molecule has 0 aliphatic carbocycles. The lowest BCUT2D eigenvalue weighted by Gasteiger charge is -2.21. The summed E-state index contributed by atoms with van der Waals surface area (Å²) in [6.07, 6.45) is -10.6. The van der Waals surface area contributed by atoms with Crippen LogP contribution < -0.4 is 0 Å². The second-order valence-corrected chi connectivity index (χ2v) is 7.37. The molecule has 1 rings (SSSR count). The molecule has 27 heavy (non-hydrogen) atoms. The van der Waals surface area contributed by atoms with E-state index < -0.39 is 63.2 Å². The van der Waals surface area contributed by atoms with Crippen LogP contribution in [0.4, 0.5) is 22.0 Å². The zero-order chi connectivity index (χ0) is 21.2. The smallest absolute Gasteiger partial charge is 0.425 e. The van der Waals surface area contributed by atoms with Crippen LogP contribution in [0.3, 0.4) is 0 Å². The lowest BCUT2D eigenvalue weighted by molar-refractivity contribution is -0.204. The number of thiophene rings is 1. The van der Waals surface area contributed by atoms with E-state index in [1.54, 1.807) is 0 Å². The molecule has 0 spiro atoms. The van der Waals surface area contributed by atoms with Crippen LogP contribution in [0, 0.1) is 0 Å². The van der Waals surface area contributed by atoms with E-state index >= 15 is 0 Å². The topological polar surface area (TPSA) is 107 Å². The first-order chi connectivity index (χ1) is 12.1. The molecule has 14 heteroatoms. The molecule has 1 aromatic rings. The average Bonchev–Trinajstić information content (AvgIpc) is 2.99. The molecule has 1 heterocycles. The van der Waals surface area contributed by atoms with Crippen molar-refractivity contribution in [2.75, 3.05) is 0 Å². The highest BCUT2D eigenvalue weighted by Gasteiger charge is 2.52. The second-order valence-electron chi connectivity index (χ2n) is 5.13. The third kappa shape index (κ3) is 5.35. The molecule has 1 N–H and O–H groups in total. The van der Waals surface area contributed by atoms with Crippen molar-refractivity contribution in [3.05, 3.63) is 21.9 Å². The number of hydrogen-bond donors (Lipinski definition) is 1. The number of carbonyl (C=O) groups is 2. The fourth-order valence-corrected chi connectivity index (χ4v) is 2.94. The molecular weight excluding hydrogens is 427 g/mol. The van der Waals surface area contributed by atoms with Gasteiger partial charge in [-0.05, 0) is 13.3 Å². The van der Waals surface area contributed by atoms with Gasteiger partial charge in [-0.1, -0.05) is 6.92 Å². The van der Waals surface area contributed by atoms with Crippen molar-refractivity contribution >= 4 is 33.4 Å². The van der Waals surface area contributed by atoms with Crippen LogP contribution in [0.5, 0.6) is 0 Å². The maximum atomic E-state index is 13.4. The Morgan fingerprint density at radius 3 is 1.93 bits per heavy atom. The fourth-order valence-electron chi connectivity index (χ4n) is 1.69. The van der Waals surface area contributed by atoms with E-state index in [4.69, 9.17) is 4.55 Å². The minimum absolute atomic E-state index is 0.465. The molecule has 2 unspecified atom stereocenters. The van der Waals surface area contributed by atoms with Crippen LogP contribution in [0.1, 0.15) is 41.0 Å². The Morgan fingerprint density at radius 2 is 1.56 bits per heavy atom. The Balaban J connectivity index is 3.01. The Kier molecular flexibility index (Phi) is 6.94. The van der Waals surface area contributed by atoms with E-state index in [0.717, 1.165) is 17.7 Å². The third-order valence-corrected chi connectivity index (χ3v) is 4.95. The van der Waals surface area contributed by atoms with Gasteiger partial charge in [0.15, 0.2) is 12.2 Å². The van der Waals surface area contributed by atoms with Crippen LogP contribution in [-0.2, 0) is 19.6 Å². The Bertz CT molecular complexity index is 800. The molecule has 0 bridgehead atoms. The molecular formula is C13H13F5O7S2. The molecule has 1 aromatic heterocycles. The van der Waals surface area contributed by atoms with Crippen LogP contribution in [0.2, 0.25) is 0 Å². The standard InChI is InChI=1S/C13H13F5O7S2/c1-3-9(12(14,15)16)25-11(20)8-5-26-4-7(8)10(19)24-6(2)13(17,18)27(21,22)23/h4-6,9H,3H2,1-2H3,(H,21,22,23). The molecule has 0 aliphatic heterocycles. The van der Waals surface area contributed by atoms with Crippen molar-refractivity contribution in [1.29, 1.82) is 0 Å². The van der Waals surface area contributed by atoms with Crippen molar-refractivity contribution < 1.29 is 54.0 Å². The SMILES string of the molecule is CCC(OC(=O)c1cscc1C(=O)OC(C)C(F)(F)S(=O)(=O)O)C(F)(F)F. The summed E-state index contributed by atoms with van der Waals surface area (Å²) < 4.78 is 103. The van der Waals surface area contributed by atoms with Gasteiger partial charge in [0, 0.05) is 10.8 Å². The normalized spacial score (nSPS) is 15.1. The van der Waals surface area contributed by atoms with Crippen LogP contribution in [0.15, 0.2) is 10.8 Å². The largest absolute Gasteiger partial charge is 0.451 e. The van der Waals surface area contributed by atoms with Crippen LogP contribution >= 0.6 is 11.3 Å². The molecule has 2 atom stereocenters. The van der Waals surface area contributed by atoms with Gasteiger partial charge in [-0.25, -0.2) is 9.59 Å². The Labute approximate surface area is 153 Å². The van der Waals surface area contributed by atoms with E-state index in [1.807, 2.05) is 0 Å². The number of esters is 2. The summed E-state index contributed by atoms with van der Waals surface area (Å²) in [6.45, 7) is 1.57. The van der Waals surface area contributed by atoms with E-state index in [-0.39, 0.29) is 0 Å². The minimum atomic E-state index is -5.90. The lowest BCUT2D eigenvalue weighted by Crippen LogP contribution is -2.42. The molecule has 0 fully saturated rings. The van der Waals surface area contributed by atoms with Gasteiger partial charge in [-0.3, -0.25) is 4.55 Å². The highest BCUT2D eigenvalue weighted by atomic mass is 32.2. The number of carbonyl (C=O) groups excluding carboxylic acids is 2. The number of halogens is 5.